The molecule has 3 aromatic heterocycles. The summed E-state index contributed by atoms with van der Waals surface area (Å²) in [6.45, 7) is 0. The van der Waals surface area contributed by atoms with E-state index in [4.69, 9.17) is 4.98 Å². The third-order valence-electron chi connectivity index (χ3n) is 5.95. The zero-order valence-corrected chi connectivity index (χ0v) is 21.1. The maximum atomic E-state index is 12.7. The SMILES string of the molecule is CNC(=O)c1ccc2c(c1)nc(-c1nccs1)n2[C@H]1CCC[C@@H](NC(=O)c2ccc(Br)s2)C1. The van der Waals surface area contributed by atoms with Crippen LogP contribution in [0.5, 0.6) is 0 Å². The van der Waals surface area contributed by atoms with E-state index < -0.39 is 0 Å². The second-order valence-electron chi connectivity index (χ2n) is 8.02. The number of imidazole rings is 1. The number of hydrogen-bond acceptors (Lipinski definition) is 6. The molecule has 1 aliphatic carbocycles. The summed E-state index contributed by atoms with van der Waals surface area (Å²) in [4.78, 5) is 35.0. The van der Waals surface area contributed by atoms with E-state index in [9.17, 15) is 9.59 Å². The van der Waals surface area contributed by atoms with Crippen LogP contribution in [0.4, 0.5) is 0 Å². The van der Waals surface area contributed by atoms with Gasteiger partial charge in [0.25, 0.3) is 11.8 Å². The molecule has 170 valence electrons. The molecule has 2 atom stereocenters. The molecule has 4 aromatic rings. The first kappa shape index (κ1) is 22.2. The maximum absolute atomic E-state index is 12.7. The van der Waals surface area contributed by atoms with Crippen molar-refractivity contribution in [3.63, 3.8) is 0 Å². The first-order chi connectivity index (χ1) is 16.0. The van der Waals surface area contributed by atoms with Crippen LogP contribution in [-0.4, -0.2) is 39.4 Å². The molecular weight excluding hydrogens is 522 g/mol. The van der Waals surface area contributed by atoms with Gasteiger partial charge in [0, 0.05) is 36.3 Å². The second-order valence-corrected chi connectivity index (χ2v) is 11.4. The van der Waals surface area contributed by atoms with Gasteiger partial charge in [-0.15, -0.1) is 22.7 Å². The van der Waals surface area contributed by atoms with E-state index in [1.54, 1.807) is 24.6 Å². The van der Waals surface area contributed by atoms with Gasteiger partial charge >= 0.3 is 0 Å². The largest absolute Gasteiger partial charge is 0.355 e. The molecule has 0 aliphatic heterocycles. The van der Waals surface area contributed by atoms with Crippen LogP contribution in [0.2, 0.25) is 0 Å². The van der Waals surface area contributed by atoms with Crippen LogP contribution >= 0.6 is 38.6 Å². The Kier molecular flexibility index (Phi) is 6.31. The number of fused-ring (bicyclic) bond motifs is 1. The van der Waals surface area contributed by atoms with Crippen molar-refractivity contribution in [2.45, 2.75) is 37.8 Å². The van der Waals surface area contributed by atoms with Gasteiger partial charge in [-0.1, -0.05) is 0 Å². The summed E-state index contributed by atoms with van der Waals surface area (Å²) >= 11 is 6.42. The maximum Gasteiger partial charge on any atom is 0.261 e. The van der Waals surface area contributed by atoms with Crippen molar-refractivity contribution in [1.29, 1.82) is 0 Å². The number of nitrogens with zero attached hydrogens (tertiary/aromatic N) is 3. The van der Waals surface area contributed by atoms with E-state index in [1.807, 2.05) is 35.7 Å². The van der Waals surface area contributed by atoms with Crippen molar-refractivity contribution in [3.05, 3.63) is 56.1 Å². The lowest BCUT2D eigenvalue weighted by molar-refractivity contribution is 0.0923. The molecule has 0 bridgehead atoms. The van der Waals surface area contributed by atoms with Crippen LogP contribution in [0.25, 0.3) is 21.9 Å². The van der Waals surface area contributed by atoms with Gasteiger partial charge in [0.15, 0.2) is 10.8 Å². The lowest BCUT2D eigenvalue weighted by Crippen LogP contribution is -2.38. The summed E-state index contributed by atoms with van der Waals surface area (Å²) < 4.78 is 3.20. The lowest BCUT2D eigenvalue weighted by atomic mass is 9.90. The predicted molar refractivity (Wildman–Crippen MR) is 135 cm³/mol. The van der Waals surface area contributed by atoms with Crippen molar-refractivity contribution in [2.24, 2.45) is 0 Å². The van der Waals surface area contributed by atoms with Crippen LogP contribution in [0, 0.1) is 0 Å². The molecule has 2 amide bonds. The summed E-state index contributed by atoms with van der Waals surface area (Å²) in [5.74, 6) is 0.651. The van der Waals surface area contributed by atoms with Gasteiger partial charge in [0.2, 0.25) is 0 Å². The van der Waals surface area contributed by atoms with Crippen LogP contribution in [-0.2, 0) is 0 Å². The van der Waals surface area contributed by atoms with Gasteiger partial charge in [-0.25, -0.2) is 9.97 Å². The average Bonchev–Trinajstić information content (AvgIpc) is 3.57. The minimum absolute atomic E-state index is 0.0257. The molecule has 33 heavy (non-hydrogen) atoms. The molecule has 1 aliphatic rings. The molecule has 3 heterocycles. The molecule has 0 spiro atoms. The summed E-state index contributed by atoms with van der Waals surface area (Å²) in [5.41, 5.74) is 2.33. The third kappa shape index (κ3) is 4.47. The number of hydrogen-bond donors (Lipinski definition) is 2. The van der Waals surface area contributed by atoms with Crippen molar-refractivity contribution in [1.82, 2.24) is 25.2 Å². The monoisotopic (exact) mass is 543 g/mol. The smallest absolute Gasteiger partial charge is 0.261 e. The number of thiophene rings is 1. The number of rotatable bonds is 5. The van der Waals surface area contributed by atoms with Crippen LogP contribution < -0.4 is 10.6 Å². The Bertz CT molecular complexity index is 1310. The fourth-order valence-corrected chi connectivity index (χ4v) is 6.37. The Labute approximate surface area is 207 Å². The number of aromatic nitrogens is 3. The molecule has 0 unspecified atom stereocenters. The summed E-state index contributed by atoms with van der Waals surface area (Å²) in [7, 11) is 1.62. The van der Waals surface area contributed by atoms with Gasteiger partial charge < -0.3 is 15.2 Å². The fourth-order valence-electron chi connectivity index (χ4n) is 4.46. The van der Waals surface area contributed by atoms with Crippen molar-refractivity contribution in [3.8, 4) is 10.8 Å². The van der Waals surface area contributed by atoms with E-state index >= 15 is 0 Å². The molecule has 5 rings (SSSR count). The molecule has 7 nitrogen and oxygen atoms in total. The molecule has 0 radical (unpaired) electrons. The Hall–Kier alpha value is -2.56. The zero-order valence-electron chi connectivity index (χ0n) is 17.9. The third-order valence-corrected chi connectivity index (χ3v) is 8.34. The molecule has 1 saturated carbocycles. The van der Waals surface area contributed by atoms with Gasteiger partial charge in [-0.05, 0) is 71.9 Å². The quantitative estimate of drug-likeness (QED) is 0.359. The topological polar surface area (TPSA) is 88.9 Å². The first-order valence-electron chi connectivity index (χ1n) is 10.7. The first-order valence-corrected chi connectivity index (χ1v) is 13.2. The molecule has 0 saturated heterocycles. The lowest BCUT2D eigenvalue weighted by Gasteiger charge is -2.31. The van der Waals surface area contributed by atoms with E-state index in [1.165, 1.54) is 11.3 Å². The molecule has 1 fully saturated rings. The molecule has 10 heteroatoms. The summed E-state index contributed by atoms with van der Waals surface area (Å²) in [6.07, 6.45) is 5.56. The number of nitrogens with one attached hydrogen (secondary N) is 2. The van der Waals surface area contributed by atoms with Crippen LogP contribution in [0.3, 0.4) is 0 Å². The highest BCUT2D eigenvalue weighted by molar-refractivity contribution is 9.11. The number of thiazole rings is 1. The molecular formula is C23H22BrN5O2S2. The standard InChI is InChI=1S/C23H22BrN5O2S2/c1-25-21(30)13-5-6-17-16(11-13)28-20(23-26-9-10-32-23)29(17)15-4-2-3-14(12-15)27-22(31)18-7-8-19(24)33-18/h5-11,14-15H,2-4,12H2,1H3,(H,25,30)(H,27,31)/t14-,15+/m1/s1. The minimum Gasteiger partial charge on any atom is -0.355 e. The fraction of sp³-hybridized carbons (Fsp3) is 0.304. The average molecular weight is 545 g/mol. The zero-order chi connectivity index (χ0) is 22.9. The summed E-state index contributed by atoms with van der Waals surface area (Å²) in [6, 6.07) is 9.64. The van der Waals surface area contributed by atoms with E-state index in [0.717, 1.165) is 51.3 Å². The van der Waals surface area contributed by atoms with Gasteiger partial charge in [-0.3, -0.25) is 9.59 Å². The van der Waals surface area contributed by atoms with Crippen molar-refractivity contribution >= 4 is 61.5 Å². The number of benzene rings is 1. The molecule has 1 aromatic carbocycles. The summed E-state index contributed by atoms with van der Waals surface area (Å²) in [5, 5.41) is 8.69. The van der Waals surface area contributed by atoms with E-state index in [0.29, 0.717) is 10.4 Å². The van der Waals surface area contributed by atoms with E-state index in [-0.39, 0.29) is 23.9 Å². The van der Waals surface area contributed by atoms with Gasteiger partial charge in [-0.2, -0.15) is 0 Å². The number of carbonyl (C=O) groups excluding carboxylic acids is 2. The van der Waals surface area contributed by atoms with Crippen molar-refractivity contribution in [2.75, 3.05) is 7.05 Å². The Morgan fingerprint density at radius 1 is 1.18 bits per heavy atom. The number of carbonyl (C=O) groups is 2. The highest BCUT2D eigenvalue weighted by Gasteiger charge is 2.29. The van der Waals surface area contributed by atoms with Gasteiger partial charge in [0.05, 0.1) is 19.7 Å². The second kappa shape index (κ2) is 9.36. The minimum atomic E-state index is -0.136. The van der Waals surface area contributed by atoms with E-state index in [2.05, 4.69) is 36.1 Å². The number of amides is 2. The number of halogens is 1. The molecule has 2 N–H and O–H groups in total. The Morgan fingerprint density at radius 2 is 2.06 bits per heavy atom. The Morgan fingerprint density at radius 3 is 2.79 bits per heavy atom. The Balaban J connectivity index is 1.47. The predicted octanol–water partition coefficient (Wildman–Crippen LogP) is 5.26. The van der Waals surface area contributed by atoms with Crippen molar-refractivity contribution < 1.29 is 9.59 Å². The normalized spacial score (nSPS) is 18.4. The highest BCUT2D eigenvalue weighted by Crippen LogP contribution is 2.37. The van der Waals surface area contributed by atoms with Crippen LogP contribution in [0.1, 0.15) is 51.8 Å². The highest BCUT2D eigenvalue weighted by atomic mass is 79.9. The van der Waals surface area contributed by atoms with Gasteiger partial charge in [0.1, 0.15) is 0 Å². The van der Waals surface area contributed by atoms with Crippen LogP contribution in [0.15, 0.2) is 45.7 Å².